The third-order valence-corrected chi connectivity index (χ3v) is 5.13. The number of amides is 1. The molecule has 146 valence electrons. The molecular formula is C18H19F2N7O. The van der Waals surface area contributed by atoms with E-state index in [1.54, 1.807) is 6.20 Å². The maximum atomic E-state index is 12.4. The van der Waals surface area contributed by atoms with E-state index in [4.69, 9.17) is 5.41 Å². The summed E-state index contributed by atoms with van der Waals surface area (Å²) in [5.41, 5.74) is 0.456. The van der Waals surface area contributed by atoms with E-state index < -0.39 is 12.1 Å². The number of rotatable bonds is 5. The molecule has 2 aliphatic heterocycles. The Kier molecular flexibility index (Phi) is 4.62. The number of carbonyl (C=O) groups excluding carboxylic acids is 1. The molecule has 0 saturated carbocycles. The molecule has 0 radical (unpaired) electrons. The predicted octanol–water partition coefficient (Wildman–Crippen LogP) is 2.02. The summed E-state index contributed by atoms with van der Waals surface area (Å²) in [7, 11) is 0. The number of H-pyrrole nitrogens is 1. The lowest BCUT2D eigenvalue weighted by Gasteiger charge is -2.48. The van der Waals surface area contributed by atoms with E-state index in [2.05, 4.69) is 30.2 Å². The molecule has 0 unspecified atom stereocenters. The highest BCUT2D eigenvalue weighted by atomic mass is 19.3. The molecule has 0 aromatic carbocycles. The molecule has 1 amide bonds. The summed E-state index contributed by atoms with van der Waals surface area (Å²) >= 11 is 0. The van der Waals surface area contributed by atoms with Crippen molar-refractivity contribution < 1.29 is 13.6 Å². The molecule has 8 nitrogen and oxygen atoms in total. The molecule has 0 aliphatic carbocycles. The molecule has 2 fully saturated rings. The minimum atomic E-state index is -2.81. The maximum absolute atomic E-state index is 12.4. The summed E-state index contributed by atoms with van der Waals surface area (Å²) in [5.74, 6) is 1.27. The van der Waals surface area contributed by atoms with Crippen LogP contribution in [0.25, 0.3) is 17.5 Å². The molecule has 28 heavy (non-hydrogen) atoms. The number of hydrogen-bond donors (Lipinski definition) is 3. The van der Waals surface area contributed by atoms with Crippen molar-refractivity contribution in [2.45, 2.75) is 31.2 Å². The van der Waals surface area contributed by atoms with E-state index >= 15 is 0 Å². The molecule has 2 aliphatic rings. The zero-order chi connectivity index (χ0) is 19.7. The lowest BCUT2D eigenvalue weighted by atomic mass is 9.78. The number of hydrogen-bond acceptors (Lipinski definition) is 6. The number of halogens is 2. The largest absolute Gasteiger partial charge is 0.356 e. The molecule has 4 rings (SSSR count). The van der Waals surface area contributed by atoms with Crippen LogP contribution in [0, 0.1) is 5.41 Å². The van der Waals surface area contributed by atoms with Gasteiger partial charge in [0.2, 0.25) is 5.91 Å². The Hall–Kier alpha value is -3.17. The lowest BCUT2D eigenvalue weighted by molar-refractivity contribution is -0.133. The summed E-state index contributed by atoms with van der Waals surface area (Å²) in [6, 6.07) is 1.85. The Morgan fingerprint density at radius 2 is 2.04 bits per heavy atom. The quantitative estimate of drug-likeness (QED) is 0.537. The van der Waals surface area contributed by atoms with Crippen molar-refractivity contribution in [2.24, 2.45) is 0 Å². The highest BCUT2D eigenvalue weighted by Crippen LogP contribution is 2.33. The number of piperidine rings is 1. The molecule has 0 bridgehead atoms. The Balaban J connectivity index is 1.44. The van der Waals surface area contributed by atoms with Crippen molar-refractivity contribution in [3.8, 4) is 11.4 Å². The zero-order valence-electron chi connectivity index (χ0n) is 15.0. The van der Waals surface area contributed by atoms with Gasteiger partial charge in [-0.05, 0) is 25.0 Å². The highest BCUT2D eigenvalue weighted by Gasteiger charge is 2.44. The minimum Gasteiger partial charge on any atom is -0.356 e. The van der Waals surface area contributed by atoms with Gasteiger partial charge in [-0.3, -0.25) is 10.2 Å². The van der Waals surface area contributed by atoms with Crippen molar-refractivity contribution in [3.63, 3.8) is 0 Å². The Morgan fingerprint density at radius 3 is 2.71 bits per heavy atom. The van der Waals surface area contributed by atoms with E-state index in [1.807, 2.05) is 6.07 Å². The molecule has 2 saturated heterocycles. The van der Waals surface area contributed by atoms with Gasteiger partial charge in [-0.1, -0.05) is 0 Å². The van der Waals surface area contributed by atoms with E-state index in [-0.39, 0.29) is 11.4 Å². The van der Waals surface area contributed by atoms with E-state index in [1.165, 1.54) is 12.4 Å². The van der Waals surface area contributed by atoms with Crippen LogP contribution in [0.4, 0.5) is 14.6 Å². The van der Waals surface area contributed by atoms with Gasteiger partial charge in [-0.15, -0.1) is 0 Å². The van der Waals surface area contributed by atoms with Gasteiger partial charge in [0.05, 0.1) is 28.8 Å². The number of aromatic amines is 1. The molecule has 0 atom stereocenters. The monoisotopic (exact) mass is 387 g/mol. The van der Waals surface area contributed by atoms with Crippen molar-refractivity contribution >= 4 is 23.5 Å². The molecule has 1 spiro atoms. The van der Waals surface area contributed by atoms with Crippen LogP contribution < -0.4 is 10.2 Å². The number of nitrogens with zero attached hydrogens (tertiary/aromatic N) is 4. The molecule has 10 heteroatoms. The van der Waals surface area contributed by atoms with Gasteiger partial charge in [-0.2, -0.15) is 0 Å². The smallest absolute Gasteiger partial charge is 0.279 e. The fourth-order valence-electron chi connectivity index (χ4n) is 3.51. The van der Waals surface area contributed by atoms with Gasteiger partial charge in [0.1, 0.15) is 18.0 Å². The van der Waals surface area contributed by atoms with Crippen molar-refractivity contribution in [2.75, 3.05) is 18.0 Å². The standard InChI is InChI=1S/C18H19F2N7O/c19-17(20)11(21)1-2-14-22-9-13(25-14)12-7-15(24-10-23-12)27-5-3-18(4-6-27)8-16(28)26-18/h1-2,7,9-10,17,21H,3-6,8H2,(H,22,25)(H,26,28)/b2-1-,21-11?. The lowest BCUT2D eigenvalue weighted by Crippen LogP contribution is -2.65. The first-order chi connectivity index (χ1) is 13.4. The second-order valence-electron chi connectivity index (χ2n) is 7.03. The van der Waals surface area contributed by atoms with Crippen LogP contribution in [0.2, 0.25) is 0 Å². The molecule has 4 heterocycles. The van der Waals surface area contributed by atoms with Crippen molar-refractivity contribution in [3.05, 3.63) is 30.5 Å². The first kappa shape index (κ1) is 18.2. The topological polar surface area (TPSA) is 111 Å². The number of β-lactam (4-membered cyclic amide) rings is 1. The number of anilines is 1. The first-order valence-corrected chi connectivity index (χ1v) is 8.92. The number of imidazole rings is 1. The van der Waals surface area contributed by atoms with Gasteiger partial charge >= 0.3 is 0 Å². The fourth-order valence-corrected chi connectivity index (χ4v) is 3.51. The highest BCUT2D eigenvalue weighted by molar-refractivity contribution is 5.97. The average molecular weight is 387 g/mol. The summed E-state index contributed by atoms with van der Waals surface area (Å²) in [6.45, 7) is 1.59. The van der Waals surface area contributed by atoms with Crippen LogP contribution in [-0.2, 0) is 4.79 Å². The summed E-state index contributed by atoms with van der Waals surface area (Å²) in [5, 5.41) is 10.2. The number of aromatic nitrogens is 4. The predicted molar refractivity (Wildman–Crippen MR) is 99.3 cm³/mol. The van der Waals surface area contributed by atoms with Crippen LogP contribution in [0.3, 0.4) is 0 Å². The summed E-state index contributed by atoms with van der Waals surface area (Å²) in [4.78, 5) is 29.1. The number of carbonyl (C=O) groups is 1. The van der Waals surface area contributed by atoms with Crippen LogP contribution in [0.15, 0.2) is 24.7 Å². The second-order valence-corrected chi connectivity index (χ2v) is 7.03. The average Bonchev–Trinajstić information content (AvgIpc) is 3.15. The van der Waals surface area contributed by atoms with Gasteiger partial charge in [0, 0.05) is 25.6 Å². The number of alkyl halides is 2. The molecular weight excluding hydrogens is 368 g/mol. The zero-order valence-corrected chi connectivity index (χ0v) is 15.0. The van der Waals surface area contributed by atoms with Gasteiger partial charge in [0.15, 0.2) is 0 Å². The molecule has 2 aromatic rings. The summed E-state index contributed by atoms with van der Waals surface area (Å²) < 4.78 is 24.7. The van der Waals surface area contributed by atoms with Gasteiger partial charge in [0.25, 0.3) is 6.43 Å². The Bertz CT molecular complexity index is 922. The van der Waals surface area contributed by atoms with E-state index in [0.717, 1.165) is 37.8 Å². The van der Waals surface area contributed by atoms with Gasteiger partial charge in [-0.25, -0.2) is 23.7 Å². The van der Waals surface area contributed by atoms with Crippen LogP contribution in [-0.4, -0.2) is 56.6 Å². The minimum absolute atomic E-state index is 0.0417. The Labute approximate surface area is 159 Å². The van der Waals surface area contributed by atoms with E-state index in [9.17, 15) is 13.6 Å². The first-order valence-electron chi connectivity index (χ1n) is 8.92. The summed E-state index contributed by atoms with van der Waals surface area (Å²) in [6.07, 6.45) is 4.94. The van der Waals surface area contributed by atoms with E-state index in [0.29, 0.717) is 23.6 Å². The van der Waals surface area contributed by atoms with Crippen molar-refractivity contribution in [1.29, 1.82) is 5.41 Å². The second kappa shape index (κ2) is 7.10. The third kappa shape index (κ3) is 3.62. The fraction of sp³-hybridized carbons (Fsp3) is 0.389. The van der Waals surface area contributed by atoms with Crippen LogP contribution in [0.1, 0.15) is 25.1 Å². The SMILES string of the molecule is N=C(/C=C\c1ncc(-c2cc(N3CCC4(CC3)CC(=O)N4)ncn2)[nH]1)C(F)F. The molecule has 3 N–H and O–H groups in total. The normalized spacial score (nSPS) is 18.5. The third-order valence-electron chi connectivity index (χ3n) is 5.13. The van der Waals surface area contributed by atoms with Crippen LogP contribution in [0.5, 0.6) is 0 Å². The number of nitrogens with one attached hydrogen (secondary N) is 3. The number of allylic oxidation sites excluding steroid dienone is 1. The van der Waals surface area contributed by atoms with Gasteiger partial charge < -0.3 is 15.2 Å². The maximum Gasteiger partial charge on any atom is 0.279 e. The van der Waals surface area contributed by atoms with Crippen molar-refractivity contribution in [1.82, 2.24) is 25.3 Å². The Morgan fingerprint density at radius 1 is 1.29 bits per heavy atom. The van der Waals surface area contributed by atoms with Crippen LogP contribution >= 0.6 is 0 Å². The molecule has 2 aromatic heterocycles.